The van der Waals surface area contributed by atoms with Crippen molar-refractivity contribution >= 4 is 39.3 Å². The molecule has 0 aliphatic carbocycles. The second kappa shape index (κ2) is 8.79. The van der Waals surface area contributed by atoms with Gasteiger partial charge in [-0.25, -0.2) is 4.39 Å². The average Bonchev–Trinajstić information content (AvgIpc) is 3.45. The van der Waals surface area contributed by atoms with Crippen molar-refractivity contribution in [2.75, 3.05) is 11.5 Å². The molecule has 1 unspecified atom stereocenters. The molecule has 5 N–H and O–H groups in total. The van der Waals surface area contributed by atoms with E-state index >= 15 is 0 Å². The molecule has 1 aliphatic heterocycles. The van der Waals surface area contributed by atoms with Crippen LogP contribution in [0.1, 0.15) is 43.5 Å². The first-order valence-electron chi connectivity index (χ1n) is 12.2. The maximum atomic E-state index is 13.8. The number of benzene rings is 4. The number of carbonyl (C=O) groups is 2. The summed E-state index contributed by atoms with van der Waals surface area (Å²) in [7, 11) is 0. The van der Waals surface area contributed by atoms with Crippen LogP contribution < -0.4 is 10.6 Å². The topological polar surface area (TPSA) is 120 Å². The Balaban J connectivity index is 1.54. The van der Waals surface area contributed by atoms with Gasteiger partial charge in [0.1, 0.15) is 11.9 Å². The van der Waals surface area contributed by atoms with Gasteiger partial charge in [-0.1, -0.05) is 36.4 Å². The highest BCUT2D eigenvalue weighted by molar-refractivity contribution is 6.20. The number of aliphatic hydroxyl groups excluding tert-OH is 2. The maximum Gasteiger partial charge on any atom is 0.259 e. The normalized spacial score (nSPS) is 13.9. The first-order chi connectivity index (χ1) is 18.3. The maximum absolute atomic E-state index is 13.8. The zero-order valence-electron chi connectivity index (χ0n) is 20.5. The van der Waals surface area contributed by atoms with E-state index in [2.05, 4.69) is 4.98 Å². The molecular formula is C30H24FN3O4. The minimum atomic E-state index is -1.03. The molecule has 0 fully saturated rings. The van der Waals surface area contributed by atoms with Crippen molar-refractivity contribution in [2.45, 2.75) is 19.6 Å². The SMILES string of the molecule is Cc1c(-c2ccc(C(N)=O)c3[nH]c4cc(C(O)CO)ccc4c23)cccc1N1Cc2ccc(F)cc2C1=O. The summed E-state index contributed by atoms with van der Waals surface area (Å²) in [5.74, 6) is -1.28. The van der Waals surface area contributed by atoms with Crippen LogP contribution in [0.5, 0.6) is 0 Å². The molecule has 2 heterocycles. The monoisotopic (exact) mass is 509 g/mol. The zero-order valence-corrected chi connectivity index (χ0v) is 20.5. The lowest BCUT2D eigenvalue weighted by Gasteiger charge is -2.21. The van der Waals surface area contributed by atoms with Crippen molar-refractivity contribution in [3.8, 4) is 11.1 Å². The number of primary amides is 1. The van der Waals surface area contributed by atoms with Gasteiger partial charge in [0, 0.05) is 27.5 Å². The Kier molecular flexibility index (Phi) is 5.52. The number of anilines is 1. The lowest BCUT2D eigenvalue weighted by molar-refractivity contribution is 0.0957. The van der Waals surface area contributed by atoms with E-state index in [0.29, 0.717) is 40.0 Å². The van der Waals surface area contributed by atoms with Crippen molar-refractivity contribution in [3.05, 3.63) is 100 Å². The minimum absolute atomic E-state index is 0.254. The van der Waals surface area contributed by atoms with Crippen LogP contribution in [0.2, 0.25) is 0 Å². The number of hydrogen-bond donors (Lipinski definition) is 4. The van der Waals surface area contributed by atoms with Gasteiger partial charge in [0.25, 0.3) is 11.8 Å². The van der Waals surface area contributed by atoms with Gasteiger partial charge in [0.15, 0.2) is 0 Å². The van der Waals surface area contributed by atoms with Crippen molar-refractivity contribution in [2.24, 2.45) is 5.73 Å². The summed E-state index contributed by atoms with van der Waals surface area (Å²) in [5.41, 5.74) is 12.2. The molecule has 190 valence electrons. The van der Waals surface area contributed by atoms with Crippen LogP contribution >= 0.6 is 0 Å². The molecule has 1 atom stereocenters. The molecule has 5 aromatic rings. The van der Waals surface area contributed by atoms with Crippen molar-refractivity contribution in [1.82, 2.24) is 4.98 Å². The predicted octanol–water partition coefficient (Wildman–Crippen LogP) is 4.72. The third-order valence-corrected chi connectivity index (χ3v) is 7.36. The molecule has 38 heavy (non-hydrogen) atoms. The Morgan fingerprint density at radius 2 is 1.89 bits per heavy atom. The van der Waals surface area contributed by atoms with Gasteiger partial charge in [0.05, 0.1) is 24.2 Å². The Bertz CT molecular complexity index is 1790. The third kappa shape index (κ3) is 3.57. The number of nitrogens with two attached hydrogens (primary N) is 1. The molecule has 0 spiro atoms. The van der Waals surface area contributed by atoms with Crippen molar-refractivity contribution in [3.63, 3.8) is 0 Å². The number of aromatic amines is 1. The molecular weight excluding hydrogens is 485 g/mol. The van der Waals surface area contributed by atoms with E-state index in [1.54, 1.807) is 29.2 Å². The average molecular weight is 510 g/mol. The Morgan fingerprint density at radius 1 is 1.08 bits per heavy atom. The number of aliphatic hydroxyl groups is 2. The van der Waals surface area contributed by atoms with Crippen LogP contribution in [0.3, 0.4) is 0 Å². The molecule has 7 nitrogen and oxygen atoms in total. The van der Waals surface area contributed by atoms with E-state index in [1.165, 1.54) is 12.1 Å². The van der Waals surface area contributed by atoms with Gasteiger partial charge in [0.2, 0.25) is 0 Å². The lowest BCUT2D eigenvalue weighted by Crippen LogP contribution is -2.24. The number of fused-ring (bicyclic) bond motifs is 4. The summed E-state index contributed by atoms with van der Waals surface area (Å²) in [5, 5.41) is 21.1. The van der Waals surface area contributed by atoms with Crippen molar-refractivity contribution < 1.29 is 24.2 Å². The molecule has 6 rings (SSSR count). The Labute approximate surface area is 216 Å². The molecule has 1 aromatic heterocycles. The van der Waals surface area contributed by atoms with E-state index in [0.717, 1.165) is 33.0 Å². The summed E-state index contributed by atoms with van der Waals surface area (Å²) in [6.07, 6.45) is -1.03. The summed E-state index contributed by atoms with van der Waals surface area (Å²) in [6, 6.07) is 18.8. The second-order valence-corrected chi connectivity index (χ2v) is 9.55. The fourth-order valence-electron chi connectivity index (χ4n) is 5.45. The number of rotatable bonds is 5. The van der Waals surface area contributed by atoms with Gasteiger partial charge in [-0.05, 0) is 65.1 Å². The smallest absolute Gasteiger partial charge is 0.259 e. The quantitative estimate of drug-likeness (QED) is 0.274. The summed E-state index contributed by atoms with van der Waals surface area (Å²) < 4.78 is 13.8. The van der Waals surface area contributed by atoms with E-state index in [-0.39, 0.29) is 5.91 Å². The van der Waals surface area contributed by atoms with E-state index in [1.807, 2.05) is 37.3 Å². The third-order valence-electron chi connectivity index (χ3n) is 7.36. The van der Waals surface area contributed by atoms with E-state index in [4.69, 9.17) is 5.73 Å². The number of nitrogens with zero attached hydrogens (tertiary/aromatic N) is 1. The fraction of sp³-hybridized carbons (Fsp3) is 0.133. The Morgan fingerprint density at radius 3 is 2.66 bits per heavy atom. The Hall–Kier alpha value is -4.53. The first-order valence-corrected chi connectivity index (χ1v) is 12.2. The van der Waals surface area contributed by atoms with E-state index < -0.39 is 24.4 Å². The fourth-order valence-corrected chi connectivity index (χ4v) is 5.45. The molecule has 8 heteroatoms. The summed E-state index contributed by atoms with van der Waals surface area (Å²) in [4.78, 5) is 30.4. The molecule has 0 radical (unpaired) electrons. The van der Waals surface area contributed by atoms with Gasteiger partial charge < -0.3 is 25.8 Å². The number of H-pyrrole nitrogens is 1. The summed E-state index contributed by atoms with van der Waals surface area (Å²) in [6.45, 7) is 1.86. The van der Waals surface area contributed by atoms with Crippen LogP contribution in [-0.4, -0.2) is 33.6 Å². The minimum Gasteiger partial charge on any atom is -0.393 e. The first kappa shape index (κ1) is 23.8. The number of aromatic nitrogens is 1. The predicted molar refractivity (Wildman–Crippen MR) is 143 cm³/mol. The van der Waals surface area contributed by atoms with Crippen LogP contribution in [0.4, 0.5) is 10.1 Å². The number of carbonyl (C=O) groups excluding carboxylic acids is 2. The van der Waals surface area contributed by atoms with E-state index in [9.17, 15) is 24.2 Å². The molecule has 4 aromatic carbocycles. The zero-order chi connectivity index (χ0) is 26.7. The number of hydrogen-bond acceptors (Lipinski definition) is 4. The highest BCUT2D eigenvalue weighted by atomic mass is 19.1. The molecule has 1 aliphatic rings. The molecule has 2 amide bonds. The van der Waals surface area contributed by atoms with Crippen LogP contribution in [0.25, 0.3) is 32.9 Å². The lowest BCUT2D eigenvalue weighted by atomic mass is 9.93. The molecule has 0 bridgehead atoms. The van der Waals surface area contributed by atoms with Crippen LogP contribution in [0.15, 0.2) is 66.7 Å². The number of amides is 2. The highest BCUT2D eigenvalue weighted by Gasteiger charge is 2.30. The van der Waals surface area contributed by atoms with Crippen LogP contribution in [0, 0.1) is 12.7 Å². The van der Waals surface area contributed by atoms with Gasteiger partial charge in [-0.15, -0.1) is 0 Å². The van der Waals surface area contributed by atoms with Gasteiger partial charge in [-0.2, -0.15) is 0 Å². The highest BCUT2D eigenvalue weighted by Crippen LogP contribution is 2.41. The number of halogens is 1. The summed E-state index contributed by atoms with van der Waals surface area (Å²) >= 11 is 0. The number of nitrogens with one attached hydrogen (secondary N) is 1. The molecule has 0 saturated heterocycles. The van der Waals surface area contributed by atoms with Crippen molar-refractivity contribution in [1.29, 1.82) is 0 Å². The van der Waals surface area contributed by atoms with Gasteiger partial charge in [-0.3, -0.25) is 9.59 Å². The largest absolute Gasteiger partial charge is 0.393 e. The van der Waals surface area contributed by atoms with Gasteiger partial charge >= 0.3 is 0 Å². The standard InChI is InChI=1S/C30H24FN3O4/c1-15-19(3-2-4-25(15)34-13-17-5-7-18(31)12-23(17)30(34)38)20-9-10-22(29(32)37)28-27(20)21-8-6-16(26(36)14-35)11-24(21)33-28/h2-12,26,33,35-36H,13-14H2,1H3,(H2,32,37). The molecule has 0 saturated carbocycles. The second-order valence-electron chi connectivity index (χ2n) is 9.55. The van der Waals surface area contributed by atoms with Crippen LogP contribution in [-0.2, 0) is 6.54 Å².